The van der Waals surface area contributed by atoms with Gasteiger partial charge in [-0.1, -0.05) is 0 Å². The van der Waals surface area contributed by atoms with Crippen LogP contribution < -0.4 is 0 Å². The van der Waals surface area contributed by atoms with Gasteiger partial charge in [0, 0.05) is 12.5 Å². The van der Waals surface area contributed by atoms with E-state index in [9.17, 15) is 14.7 Å². The van der Waals surface area contributed by atoms with Crippen LogP contribution in [0, 0.1) is 11.8 Å². The molecule has 100 valence electrons. The van der Waals surface area contributed by atoms with Crippen molar-refractivity contribution in [2.24, 2.45) is 11.8 Å². The van der Waals surface area contributed by atoms with Gasteiger partial charge in [0.2, 0.25) is 5.91 Å². The molecule has 0 unspecified atom stereocenters. The van der Waals surface area contributed by atoms with Gasteiger partial charge in [0.05, 0.1) is 18.1 Å². The lowest BCUT2D eigenvalue weighted by atomic mass is 9.76. The molecule has 2 aliphatic heterocycles. The highest BCUT2D eigenvalue weighted by atomic mass is 16.4. The number of carbonyl (C=O) groups excluding carboxylic acids is 1. The molecule has 2 rings (SSSR count). The zero-order valence-electron chi connectivity index (χ0n) is 10.3. The van der Waals surface area contributed by atoms with Crippen molar-refractivity contribution in [3.8, 4) is 0 Å². The van der Waals surface area contributed by atoms with Crippen LogP contribution in [-0.2, 0) is 9.59 Å². The first-order valence-electron chi connectivity index (χ1n) is 5.97. The highest BCUT2D eigenvalue weighted by Gasteiger charge is 2.59. The lowest BCUT2D eigenvalue weighted by molar-refractivity contribution is -0.163. The third-order valence-electron chi connectivity index (χ3n) is 3.93. The number of β-lactam (4-membered cyclic amide) rings is 1. The van der Waals surface area contributed by atoms with Crippen LogP contribution in [0.3, 0.4) is 0 Å². The van der Waals surface area contributed by atoms with Gasteiger partial charge in [-0.05, 0) is 25.8 Å². The smallest absolute Gasteiger partial charge is 0.352 e. The predicted molar refractivity (Wildman–Crippen MR) is 61.3 cm³/mol. The lowest BCUT2D eigenvalue weighted by Gasteiger charge is -2.47. The van der Waals surface area contributed by atoms with Crippen LogP contribution in [0.4, 0.5) is 0 Å². The minimum absolute atomic E-state index is 0.0142. The van der Waals surface area contributed by atoms with Crippen LogP contribution in [0.2, 0.25) is 0 Å². The van der Waals surface area contributed by atoms with E-state index in [1.807, 2.05) is 0 Å². The number of carbonyl (C=O) groups is 2. The Morgan fingerprint density at radius 1 is 1.50 bits per heavy atom. The van der Waals surface area contributed by atoms with E-state index in [0.29, 0.717) is 12.0 Å². The number of aliphatic hydroxyl groups excluding tert-OH is 2. The molecule has 0 saturated carbocycles. The van der Waals surface area contributed by atoms with Gasteiger partial charge in [0.1, 0.15) is 5.70 Å². The number of fused-ring (bicyclic) bond motifs is 1. The van der Waals surface area contributed by atoms with E-state index in [0.717, 1.165) is 0 Å². The maximum absolute atomic E-state index is 11.9. The summed E-state index contributed by atoms with van der Waals surface area (Å²) in [6, 6.07) is -0.323. The molecule has 2 heterocycles. The summed E-state index contributed by atoms with van der Waals surface area (Å²) in [6.07, 6.45) is -0.402. The van der Waals surface area contributed by atoms with Crippen molar-refractivity contribution in [2.45, 2.75) is 32.4 Å². The van der Waals surface area contributed by atoms with Crippen molar-refractivity contribution in [3.05, 3.63) is 11.3 Å². The molecular formula is C12H17NO5. The minimum Gasteiger partial charge on any atom is -0.477 e. The fourth-order valence-electron chi connectivity index (χ4n) is 3.13. The quantitative estimate of drug-likeness (QED) is 0.592. The van der Waals surface area contributed by atoms with Gasteiger partial charge < -0.3 is 20.2 Å². The summed E-state index contributed by atoms with van der Waals surface area (Å²) in [5, 5.41) is 27.8. The second-order valence-electron chi connectivity index (χ2n) is 4.92. The van der Waals surface area contributed by atoms with E-state index < -0.39 is 18.0 Å². The van der Waals surface area contributed by atoms with Crippen molar-refractivity contribution in [1.29, 1.82) is 0 Å². The summed E-state index contributed by atoms with van der Waals surface area (Å²) < 4.78 is 0. The molecule has 18 heavy (non-hydrogen) atoms. The lowest BCUT2D eigenvalue weighted by Crippen LogP contribution is -2.64. The van der Waals surface area contributed by atoms with E-state index in [1.165, 1.54) is 11.8 Å². The summed E-state index contributed by atoms with van der Waals surface area (Å²) in [5.74, 6) is -2.21. The molecule has 0 aromatic rings. The number of hydrogen-bond donors (Lipinski definition) is 3. The number of carboxylic acids is 1. The number of amides is 1. The number of hydrogen-bond acceptors (Lipinski definition) is 4. The van der Waals surface area contributed by atoms with Crippen LogP contribution >= 0.6 is 0 Å². The molecule has 4 atom stereocenters. The topological polar surface area (TPSA) is 98.1 Å². The minimum atomic E-state index is -1.13. The Morgan fingerprint density at radius 3 is 2.56 bits per heavy atom. The second-order valence-corrected chi connectivity index (χ2v) is 4.92. The Balaban J connectivity index is 2.36. The number of nitrogens with zero attached hydrogens (tertiary/aromatic N) is 1. The van der Waals surface area contributed by atoms with Crippen molar-refractivity contribution >= 4 is 11.9 Å². The first-order valence-corrected chi connectivity index (χ1v) is 5.97. The number of aliphatic carboxylic acids is 1. The zero-order valence-corrected chi connectivity index (χ0v) is 10.3. The SMILES string of the molecule is CC1=C(C(=O)O)N2C(=O)[C@H]([C@@H](C)O)[C@H]2[C@@H]1CCO. The second kappa shape index (κ2) is 4.37. The van der Waals surface area contributed by atoms with Gasteiger partial charge in [-0.2, -0.15) is 0 Å². The third kappa shape index (κ3) is 1.56. The number of rotatable bonds is 4. The molecule has 0 aliphatic carbocycles. The van der Waals surface area contributed by atoms with E-state index >= 15 is 0 Å². The Labute approximate surface area is 105 Å². The number of aliphatic hydroxyl groups is 2. The van der Waals surface area contributed by atoms with E-state index in [-0.39, 0.29) is 30.2 Å². The van der Waals surface area contributed by atoms with Crippen LogP contribution in [-0.4, -0.2) is 50.8 Å². The molecule has 0 radical (unpaired) electrons. The van der Waals surface area contributed by atoms with Crippen LogP contribution in [0.25, 0.3) is 0 Å². The van der Waals surface area contributed by atoms with Gasteiger partial charge >= 0.3 is 5.97 Å². The first-order chi connectivity index (χ1) is 8.41. The Morgan fingerprint density at radius 2 is 2.11 bits per heavy atom. The fourth-order valence-corrected chi connectivity index (χ4v) is 3.13. The summed E-state index contributed by atoms with van der Waals surface area (Å²) in [4.78, 5) is 24.4. The standard InChI is InChI=1S/C12H17NO5/c1-5-7(3-4-14)10-8(6(2)15)11(16)13(10)9(5)12(17)18/h6-8,10,14-15H,3-4H2,1-2H3,(H,17,18)/t6-,7-,8-,10-/m1/s1. The van der Waals surface area contributed by atoms with Gasteiger partial charge in [-0.3, -0.25) is 4.79 Å². The van der Waals surface area contributed by atoms with E-state index in [1.54, 1.807) is 6.92 Å². The van der Waals surface area contributed by atoms with Crippen molar-refractivity contribution in [2.75, 3.05) is 6.61 Å². The molecule has 3 N–H and O–H groups in total. The van der Waals surface area contributed by atoms with E-state index in [4.69, 9.17) is 10.2 Å². The Bertz CT molecular complexity index is 428. The highest BCUT2D eigenvalue weighted by molar-refractivity contribution is 5.99. The molecule has 2 aliphatic rings. The van der Waals surface area contributed by atoms with Crippen molar-refractivity contribution in [1.82, 2.24) is 4.90 Å². The molecule has 1 saturated heterocycles. The largest absolute Gasteiger partial charge is 0.477 e. The van der Waals surface area contributed by atoms with Gasteiger partial charge in [-0.25, -0.2) is 4.79 Å². The van der Waals surface area contributed by atoms with Crippen LogP contribution in [0.15, 0.2) is 11.3 Å². The van der Waals surface area contributed by atoms with Gasteiger partial charge in [-0.15, -0.1) is 0 Å². The summed E-state index contributed by atoms with van der Waals surface area (Å²) in [5.41, 5.74) is 0.624. The Hall–Kier alpha value is -1.40. The molecule has 6 heteroatoms. The predicted octanol–water partition coefficient (Wildman–Crippen LogP) is -0.435. The summed E-state index contributed by atoms with van der Waals surface area (Å²) in [6.45, 7) is 3.14. The van der Waals surface area contributed by atoms with Gasteiger partial charge in [0.15, 0.2) is 0 Å². The number of carboxylic acid groups (broad SMARTS) is 1. The zero-order chi connectivity index (χ0) is 13.6. The van der Waals surface area contributed by atoms with Crippen LogP contribution in [0.1, 0.15) is 20.3 Å². The summed E-state index contributed by atoms with van der Waals surface area (Å²) in [7, 11) is 0. The monoisotopic (exact) mass is 255 g/mol. The molecule has 1 amide bonds. The molecule has 1 fully saturated rings. The van der Waals surface area contributed by atoms with Crippen molar-refractivity contribution < 1.29 is 24.9 Å². The van der Waals surface area contributed by atoms with Crippen LogP contribution in [0.5, 0.6) is 0 Å². The third-order valence-corrected chi connectivity index (χ3v) is 3.93. The maximum atomic E-state index is 11.9. The molecule has 0 aromatic carbocycles. The molecule has 0 aromatic heterocycles. The van der Waals surface area contributed by atoms with Crippen molar-refractivity contribution in [3.63, 3.8) is 0 Å². The first kappa shape index (κ1) is 13.0. The fraction of sp³-hybridized carbons (Fsp3) is 0.667. The molecule has 6 nitrogen and oxygen atoms in total. The maximum Gasteiger partial charge on any atom is 0.352 e. The molecule has 0 spiro atoms. The molecular weight excluding hydrogens is 238 g/mol. The normalized spacial score (nSPS) is 32.3. The Kier molecular flexibility index (Phi) is 3.16. The average Bonchev–Trinajstić information content (AvgIpc) is 2.50. The highest BCUT2D eigenvalue weighted by Crippen LogP contribution is 2.48. The van der Waals surface area contributed by atoms with Gasteiger partial charge in [0.25, 0.3) is 0 Å². The van der Waals surface area contributed by atoms with E-state index in [2.05, 4.69) is 0 Å². The average molecular weight is 255 g/mol. The molecule has 0 bridgehead atoms. The summed E-state index contributed by atoms with van der Waals surface area (Å²) >= 11 is 0.